The molecule has 202 valence electrons. The Morgan fingerprint density at radius 1 is 0.650 bits per heavy atom. The molecule has 0 radical (unpaired) electrons. The number of ether oxygens (including phenoxy) is 3. The molecule has 40 heavy (non-hydrogen) atoms. The average molecular weight is 533 g/mol. The Morgan fingerprint density at radius 2 is 1.20 bits per heavy atom. The van der Waals surface area contributed by atoms with E-state index in [4.69, 9.17) is 14.2 Å². The molecule has 1 unspecified atom stereocenters. The number of aliphatic hydroxyl groups is 1. The topological polar surface area (TPSA) is 65.0 Å². The van der Waals surface area contributed by atoms with Gasteiger partial charge in [-0.15, -0.1) is 0 Å². The summed E-state index contributed by atoms with van der Waals surface area (Å²) in [6.45, 7) is 0.939. The third-order valence-electron chi connectivity index (χ3n) is 6.14. The SMILES string of the molecule is COc1cccc(C(O)c2ccccc2OCc2ccccc2)c1.O=Cc1ccccc1OCc1ccccc1. The summed E-state index contributed by atoms with van der Waals surface area (Å²) in [5.41, 5.74) is 4.26. The van der Waals surface area contributed by atoms with Gasteiger partial charge in [-0.2, -0.15) is 0 Å². The van der Waals surface area contributed by atoms with Crippen molar-refractivity contribution in [2.75, 3.05) is 7.11 Å². The lowest BCUT2D eigenvalue weighted by atomic mass is 10.0. The highest BCUT2D eigenvalue weighted by atomic mass is 16.5. The molecule has 1 N–H and O–H groups in total. The largest absolute Gasteiger partial charge is 0.497 e. The Labute approximate surface area is 235 Å². The summed E-state index contributed by atoms with van der Waals surface area (Å²) in [5, 5.41) is 10.8. The average Bonchev–Trinajstić information content (AvgIpc) is 3.04. The van der Waals surface area contributed by atoms with E-state index < -0.39 is 6.10 Å². The number of carbonyl (C=O) groups excluding carboxylic acids is 1. The summed E-state index contributed by atoms with van der Waals surface area (Å²) in [5.74, 6) is 2.02. The van der Waals surface area contributed by atoms with Crippen LogP contribution in [0.25, 0.3) is 0 Å². The van der Waals surface area contributed by atoms with Crippen LogP contribution in [0.5, 0.6) is 17.2 Å². The molecule has 5 rings (SSSR count). The van der Waals surface area contributed by atoms with Crippen LogP contribution >= 0.6 is 0 Å². The number of para-hydroxylation sites is 2. The summed E-state index contributed by atoms with van der Waals surface area (Å²) in [6, 6.07) is 42.0. The molecule has 0 heterocycles. The van der Waals surface area contributed by atoms with Gasteiger partial charge in [-0.1, -0.05) is 103 Å². The molecule has 0 amide bonds. The van der Waals surface area contributed by atoms with Crippen molar-refractivity contribution in [2.24, 2.45) is 0 Å². The Kier molecular flexibility index (Phi) is 10.5. The number of carbonyl (C=O) groups is 1. The standard InChI is InChI=1S/C21H20O3.C14H12O2/c1-23-18-11-7-10-17(14-18)21(22)19-12-5-6-13-20(19)24-15-16-8-3-2-4-9-16;15-10-13-8-4-5-9-14(13)16-11-12-6-2-1-3-7-12/h2-14,21-22H,15H2,1H3;1-10H,11H2. The van der Waals surface area contributed by atoms with E-state index in [0.717, 1.165) is 28.5 Å². The van der Waals surface area contributed by atoms with Crippen molar-refractivity contribution in [1.29, 1.82) is 0 Å². The molecule has 0 fully saturated rings. The first kappa shape index (κ1) is 28.1. The maximum absolute atomic E-state index is 10.8. The van der Waals surface area contributed by atoms with Gasteiger partial charge in [-0.05, 0) is 47.0 Å². The second kappa shape index (κ2) is 14.9. The van der Waals surface area contributed by atoms with Gasteiger partial charge in [0.2, 0.25) is 0 Å². The van der Waals surface area contributed by atoms with Gasteiger partial charge >= 0.3 is 0 Å². The van der Waals surface area contributed by atoms with E-state index in [1.807, 2.05) is 121 Å². The molecule has 0 saturated heterocycles. The maximum Gasteiger partial charge on any atom is 0.153 e. The summed E-state index contributed by atoms with van der Waals surface area (Å²) in [4.78, 5) is 10.8. The van der Waals surface area contributed by atoms with Crippen LogP contribution in [-0.4, -0.2) is 18.5 Å². The van der Waals surface area contributed by atoms with Crippen molar-refractivity contribution in [1.82, 2.24) is 0 Å². The molecule has 5 nitrogen and oxygen atoms in total. The van der Waals surface area contributed by atoms with Crippen molar-refractivity contribution in [3.63, 3.8) is 0 Å². The molecule has 0 aromatic heterocycles. The summed E-state index contributed by atoms with van der Waals surface area (Å²) >= 11 is 0. The van der Waals surface area contributed by atoms with E-state index in [-0.39, 0.29) is 0 Å². The van der Waals surface area contributed by atoms with Crippen LogP contribution in [0, 0.1) is 0 Å². The Balaban J connectivity index is 0.000000201. The first-order valence-electron chi connectivity index (χ1n) is 13.0. The predicted octanol–water partition coefficient (Wildman–Crippen LogP) is 7.43. The highest BCUT2D eigenvalue weighted by molar-refractivity contribution is 5.79. The van der Waals surface area contributed by atoms with Gasteiger partial charge < -0.3 is 19.3 Å². The second-order valence-corrected chi connectivity index (χ2v) is 8.92. The van der Waals surface area contributed by atoms with Crippen molar-refractivity contribution in [2.45, 2.75) is 19.3 Å². The number of aldehydes is 1. The first-order valence-corrected chi connectivity index (χ1v) is 13.0. The fourth-order valence-electron chi connectivity index (χ4n) is 4.01. The monoisotopic (exact) mass is 532 g/mol. The lowest BCUT2D eigenvalue weighted by Crippen LogP contribution is -2.04. The quantitative estimate of drug-likeness (QED) is 0.190. The normalized spacial score (nSPS) is 10.9. The number of methoxy groups -OCH3 is 1. The van der Waals surface area contributed by atoms with Gasteiger partial charge in [0, 0.05) is 5.56 Å². The van der Waals surface area contributed by atoms with Crippen LogP contribution in [0.4, 0.5) is 0 Å². The van der Waals surface area contributed by atoms with E-state index in [2.05, 4.69) is 0 Å². The van der Waals surface area contributed by atoms with Crippen molar-refractivity contribution < 1.29 is 24.1 Å². The highest BCUT2D eigenvalue weighted by Gasteiger charge is 2.16. The van der Waals surface area contributed by atoms with Gasteiger partial charge in [0.05, 0.1) is 12.7 Å². The maximum atomic E-state index is 10.8. The van der Waals surface area contributed by atoms with Crippen molar-refractivity contribution in [3.8, 4) is 17.2 Å². The molecule has 0 aliphatic rings. The predicted molar refractivity (Wildman–Crippen MR) is 157 cm³/mol. The molecule has 1 atom stereocenters. The molecule has 0 bridgehead atoms. The third-order valence-corrected chi connectivity index (χ3v) is 6.14. The minimum Gasteiger partial charge on any atom is -0.497 e. The summed E-state index contributed by atoms with van der Waals surface area (Å²) < 4.78 is 16.7. The zero-order valence-electron chi connectivity index (χ0n) is 22.4. The van der Waals surface area contributed by atoms with E-state index in [9.17, 15) is 9.90 Å². The smallest absolute Gasteiger partial charge is 0.153 e. The lowest BCUT2D eigenvalue weighted by Gasteiger charge is -2.17. The number of aliphatic hydroxyl groups excluding tert-OH is 1. The lowest BCUT2D eigenvalue weighted by molar-refractivity contribution is 0.111. The van der Waals surface area contributed by atoms with Crippen LogP contribution in [-0.2, 0) is 13.2 Å². The zero-order chi connectivity index (χ0) is 28.0. The van der Waals surface area contributed by atoms with E-state index >= 15 is 0 Å². The van der Waals surface area contributed by atoms with Crippen molar-refractivity contribution in [3.05, 3.63) is 161 Å². The Morgan fingerprint density at radius 3 is 1.82 bits per heavy atom. The molecule has 0 aliphatic carbocycles. The third kappa shape index (κ3) is 8.06. The number of hydrogen-bond acceptors (Lipinski definition) is 5. The molecule has 5 aromatic carbocycles. The van der Waals surface area contributed by atoms with Gasteiger partial charge in [0.15, 0.2) is 6.29 Å². The van der Waals surface area contributed by atoms with Gasteiger partial charge in [-0.25, -0.2) is 0 Å². The molecule has 5 heteroatoms. The Bertz CT molecular complexity index is 1470. The molecule has 0 aliphatic heterocycles. The van der Waals surface area contributed by atoms with E-state index in [0.29, 0.717) is 36.0 Å². The minimum absolute atomic E-state index is 0.461. The van der Waals surface area contributed by atoms with Crippen LogP contribution < -0.4 is 14.2 Å². The van der Waals surface area contributed by atoms with Crippen LogP contribution in [0.2, 0.25) is 0 Å². The number of hydrogen-bond donors (Lipinski definition) is 1. The number of rotatable bonds is 10. The zero-order valence-corrected chi connectivity index (χ0v) is 22.4. The first-order chi connectivity index (χ1) is 19.7. The van der Waals surface area contributed by atoms with Gasteiger partial charge in [0.1, 0.15) is 36.6 Å². The highest BCUT2D eigenvalue weighted by Crippen LogP contribution is 2.31. The van der Waals surface area contributed by atoms with E-state index in [1.165, 1.54) is 0 Å². The fraction of sp³-hybridized carbons (Fsp3) is 0.114. The van der Waals surface area contributed by atoms with E-state index in [1.54, 1.807) is 19.2 Å². The van der Waals surface area contributed by atoms with Gasteiger partial charge in [0.25, 0.3) is 0 Å². The molecule has 5 aromatic rings. The molecule has 0 saturated carbocycles. The molecular formula is C35H32O5. The molecule has 0 spiro atoms. The van der Waals surface area contributed by atoms with Crippen molar-refractivity contribution >= 4 is 6.29 Å². The summed E-state index contributed by atoms with van der Waals surface area (Å²) in [6.07, 6.45) is 0.0347. The summed E-state index contributed by atoms with van der Waals surface area (Å²) in [7, 11) is 1.61. The van der Waals surface area contributed by atoms with Gasteiger partial charge in [-0.3, -0.25) is 4.79 Å². The Hall–Kier alpha value is -4.87. The molecular weight excluding hydrogens is 500 g/mol. The van der Waals surface area contributed by atoms with Crippen LogP contribution in [0.3, 0.4) is 0 Å². The van der Waals surface area contributed by atoms with Crippen LogP contribution in [0.1, 0.15) is 38.7 Å². The minimum atomic E-state index is -0.771. The second-order valence-electron chi connectivity index (χ2n) is 8.92. The fourth-order valence-corrected chi connectivity index (χ4v) is 4.01. The van der Waals surface area contributed by atoms with Crippen LogP contribution in [0.15, 0.2) is 133 Å². The number of benzene rings is 5.